The Morgan fingerprint density at radius 2 is 1.53 bits per heavy atom. The molecule has 0 saturated carbocycles. The Morgan fingerprint density at radius 1 is 0.895 bits per heavy atom. The van der Waals surface area contributed by atoms with E-state index in [4.69, 9.17) is 9.47 Å². The molecule has 0 aromatic heterocycles. The van der Waals surface area contributed by atoms with Gasteiger partial charge in [0.25, 0.3) is 0 Å². The molecule has 0 aromatic rings. The minimum Gasteiger partial charge on any atom is -0.464 e. The maximum atomic E-state index is 11.2. The number of carbonyl (C=O) groups excluding carboxylic acids is 1. The van der Waals surface area contributed by atoms with E-state index < -0.39 is 0 Å². The van der Waals surface area contributed by atoms with Gasteiger partial charge < -0.3 is 9.47 Å². The third-order valence-electron chi connectivity index (χ3n) is 2.77. The lowest BCUT2D eigenvalue weighted by Crippen LogP contribution is -2.13. The molecule has 0 atom stereocenters. The molecule has 0 aromatic carbocycles. The summed E-state index contributed by atoms with van der Waals surface area (Å²) in [5.74, 6) is -0.286. The zero-order valence-corrected chi connectivity index (χ0v) is 12.1. The van der Waals surface area contributed by atoms with E-state index in [9.17, 15) is 4.79 Å². The highest BCUT2D eigenvalue weighted by atomic mass is 16.6. The predicted molar refractivity (Wildman–Crippen MR) is 79.1 cm³/mol. The summed E-state index contributed by atoms with van der Waals surface area (Å²) >= 11 is 0. The van der Waals surface area contributed by atoms with Gasteiger partial charge in [-0.05, 0) is 19.3 Å². The molecule has 0 aliphatic rings. The molecule has 0 bridgehead atoms. The Bertz CT molecular complexity index is 236. The van der Waals surface area contributed by atoms with Crippen molar-refractivity contribution < 1.29 is 14.3 Å². The first-order chi connectivity index (χ1) is 9.31. The van der Waals surface area contributed by atoms with E-state index in [2.05, 4.69) is 13.2 Å². The largest absolute Gasteiger partial charge is 0.464 e. The van der Waals surface area contributed by atoms with Crippen LogP contribution in [0.25, 0.3) is 0 Å². The van der Waals surface area contributed by atoms with Gasteiger partial charge in [-0.2, -0.15) is 0 Å². The van der Waals surface area contributed by atoms with E-state index in [1.807, 2.05) is 6.08 Å². The summed E-state index contributed by atoms with van der Waals surface area (Å²) in [5, 5.41) is 0. The third-order valence-corrected chi connectivity index (χ3v) is 2.77. The fourth-order valence-electron chi connectivity index (χ4n) is 1.73. The summed E-state index contributed by atoms with van der Waals surface area (Å²) in [7, 11) is 0. The van der Waals surface area contributed by atoms with Crippen LogP contribution in [0.15, 0.2) is 25.3 Å². The second kappa shape index (κ2) is 15.0. The monoisotopic (exact) mass is 268 g/mol. The average Bonchev–Trinajstić information content (AvgIpc) is 2.41. The van der Waals surface area contributed by atoms with E-state index in [1.54, 1.807) is 6.08 Å². The van der Waals surface area contributed by atoms with Crippen LogP contribution in [0.1, 0.15) is 51.4 Å². The molecule has 0 amide bonds. The summed E-state index contributed by atoms with van der Waals surface area (Å²) in [5.41, 5.74) is 0. The third kappa shape index (κ3) is 14.9. The fraction of sp³-hybridized carbons (Fsp3) is 0.688. The maximum absolute atomic E-state index is 11.2. The Hall–Kier alpha value is -1.09. The lowest BCUT2D eigenvalue weighted by atomic mass is 10.1. The van der Waals surface area contributed by atoms with Gasteiger partial charge in [0.1, 0.15) is 6.61 Å². The molecular weight excluding hydrogens is 240 g/mol. The number of allylic oxidation sites excluding steroid dienone is 1. The van der Waals surface area contributed by atoms with Crippen molar-refractivity contribution in [2.75, 3.05) is 19.8 Å². The molecule has 19 heavy (non-hydrogen) atoms. The van der Waals surface area contributed by atoms with Gasteiger partial charge in [0.2, 0.25) is 0 Å². The van der Waals surface area contributed by atoms with Crippen LogP contribution in [0, 0.1) is 0 Å². The first-order valence-corrected chi connectivity index (χ1v) is 7.26. The number of carbonyl (C=O) groups is 1. The van der Waals surface area contributed by atoms with Gasteiger partial charge in [0, 0.05) is 0 Å². The lowest BCUT2D eigenvalue weighted by molar-refractivity contribution is -0.148. The molecule has 0 spiro atoms. The van der Waals surface area contributed by atoms with Crippen molar-refractivity contribution in [2.24, 2.45) is 0 Å². The molecule has 0 heterocycles. The van der Waals surface area contributed by atoms with Gasteiger partial charge in [-0.15, -0.1) is 13.2 Å². The highest BCUT2D eigenvalue weighted by molar-refractivity contribution is 5.70. The van der Waals surface area contributed by atoms with Gasteiger partial charge in [0.15, 0.2) is 0 Å². The SMILES string of the molecule is C=CCCCCCCCCCOC(=O)COCC=C. The Labute approximate surface area is 117 Å². The van der Waals surface area contributed by atoms with Gasteiger partial charge >= 0.3 is 5.97 Å². The standard InChI is InChI=1S/C16H28O3/c1-3-5-6-7-8-9-10-11-12-14-19-16(17)15-18-13-4-2/h3-4H,1-2,5-15H2. The number of ether oxygens (including phenoxy) is 2. The second-order valence-electron chi connectivity index (χ2n) is 4.58. The van der Waals surface area contributed by atoms with E-state index in [-0.39, 0.29) is 12.6 Å². The Morgan fingerprint density at radius 3 is 2.16 bits per heavy atom. The van der Waals surface area contributed by atoms with Gasteiger partial charge in [-0.3, -0.25) is 0 Å². The van der Waals surface area contributed by atoms with Crippen molar-refractivity contribution in [1.82, 2.24) is 0 Å². The molecule has 0 aliphatic heterocycles. The quantitative estimate of drug-likeness (QED) is 0.271. The Kier molecular flexibility index (Phi) is 14.1. The van der Waals surface area contributed by atoms with Crippen molar-refractivity contribution in [3.63, 3.8) is 0 Å². The Balaban J connectivity index is 3.11. The molecular formula is C16H28O3. The average molecular weight is 268 g/mol. The van der Waals surface area contributed by atoms with Crippen LogP contribution >= 0.6 is 0 Å². The van der Waals surface area contributed by atoms with E-state index in [1.165, 1.54) is 32.1 Å². The van der Waals surface area contributed by atoms with Gasteiger partial charge in [0.05, 0.1) is 13.2 Å². The highest BCUT2D eigenvalue weighted by Gasteiger charge is 2.01. The topological polar surface area (TPSA) is 35.5 Å². The van der Waals surface area contributed by atoms with E-state index in [0.717, 1.165) is 19.3 Å². The number of esters is 1. The van der Waals surface area contributed by atoms with Crippen molar-refractivity contribution in [1.29, 1.82) is 0 Å². The molecule has 3 heteroatoms. The summed E-state index contributed by atoms with van der Waals surface area (Å²) in [4.78, 5) is 11.2. The molecule has 110 valence electrons. The van der Waals surface area contributed by atoms with Crippen LogP contribution in [0.3, 0.4) is 0 Å². The number of hydrogen-bond acceptors (Lipinski definition) is 3. The summed E-state index contributed by atoms with van der Waals surface area (Å²) in [6.45, 7) is 8.13. The number of unbranched alkanes of at least 4 members (excludes halogenated alkanes) is 7. The van der Waals surface area contributed by atoms with Crippen LogP contribution < -0.4 is 0 Å². The minimum absolute atomic E-state index is 0.0231. The van der Waals surface area contributed by atoms with Crippen molar-refractivity contribution in [2.45, 2.75) is 51.4 Å². The number of hydrogen-bond donors (Lipinski definition) is 0. The zero-order valence-electron chi connectivity index (χ0n) is 12.1. The predicted octanol–water partition coefficient (Wildman–Crippen LogP) is 4.04. The molecule has 0 saturated heterocycles. The van der Waals surface area contributed by atoms with Crippen molar-refractivity contribution in [3.8, 4) is 0 Å². The van der Waals surface area contributed by atoms with Gasteiger partial charge in [-0.25, -0.2) is 4.79 Å². The van der Waals surface area contributed by atoms with Crippen molar-refractivity contribution >= 4 is 5.97 Å². The molecule has 0 fully saturated rings. The first-order valence-electron chi connectivity index (χ1n) is 7.26. The summed E-state index contributed by atoms with van der Waals surface area (Å²) < 4.78 is 10.0. The smallest absolute Gasteiger partial charge is 0.332 e. The molecule has 0 aliphatic carbocycles. The van der Waals surface area contributed by atoms with Crippen LogP contribution in [0.4, 0.5) is 0 Å². The van der Waals surface area contributed by atoms with Crippen LogP contribution in [-0.2, 0) is 14.3 Å². The first kappa shape index (κ1) is 17.9. The number of rotatable bonds is 14. The molecule has 0 unspecified atom stereocenters. The second-order valence-corrected chi connectivity index (χ2v) is 4.58. The molecule has 0 rings (SSSR count). The van der Waals surface area contributed by atoms with E-state index in [0.29, 0.717) is 13.2 Å². The molecule has 0 N–H and O–H groups in total. The van der Waals surface area contributed by atoms with Crippen LogP contribution in [-0.4, -0.2) is 25.8 Å². The molecule has 3 nitrogen and oxygen atoms in total. The fourth-order valence-corrected chi connectivity index (χ4v) is 1.73. The normalized spacial score (nSPS) is 10.1. The van der Waals surface area contributed by atoms with E-state index >= 15 is 0 Å². The maximum Gasteiger partial charge on any atom is 0.332 e. The van der Waals surface area contributed by atoms with Crippen LogP contribution in [0.2, 0.25) is 0 Å². The highest BCUT2D eigenvalue weighted by Crippen LogP contribution is 2.08. The molecule has 0 radical (unpaired) electrons. The summed E-state index contributed by atoms with van der Waals surface area (Å²) in [6, 6.07) is 0. The summed E-state index contributed by atoms with van der Waals surface area (Å²) in [6.07, 6.45) is 13.1. The zero-order chi connectivity index (χ0) is 14.2. The van der Waals surface area contributed by atoms with Gasteiger partial charge in [-0.1, -0.05) is 44.3 Å². The van der Waals surface area contributed by atoms with Crippen LogP contribution in [0.5, 0.6) is 0 Å². The lowest BCUT2D eigenvalue weighted by Gasteiger charge is -2.05. The van der Waals surface area contributed by atoms with Crippen molar-refractivity contribution in [3.05, 3.63) is 25.3 Å². The minimum atomic E-state index is -0.286.